The van der Waals surface area contributed by atoms with Crippen LogP contribution in [0.2, 0.25) is 0 Å². The molecule has 0 aliphatic carbocycles. The number of nitrogen functional groups attached to an aromatic ring is 1. The third kappa shape index (κ3) is 2.89. The molecule has 4 nitrogen and oxygen atoms in total. The highest BCUT2D eigenvalue weighted by molar-refractivity contribution is 5.76. The molecule has 1 aromatic carbocycles. The van der Waals surface area contributed by atoms with Gasteiger partial charge in [0.05, 0.1) is 28.8 Å². The number of halogens is 3. The highest BCUT2D eigenvalue weighted by Gasteiger charge is 2.33. The quantitative estimate of drug-likeness (QED) is 0.922. The van der Waals surface area contributed by atoms with Gasteiger partial charge in [0.25, 0.3) is 0 Å². The van der Waals surface area contributed by atoms with E-state index in [0.717, 1.165) is 12.3 Å². The molecule has 1 heterocycles. The Balaban J connectivity index is 2.53. The molecule has 0 aliphatic heterocycles. The number of nitrogens with two attached hydrogens (primary N) is 1. The molecule has 0 saturated carbocycles. The standard InChI is InChI=1S/C14H11F3N4/c1-21(11-5-3-2-4-9(11)7-18)12-6-13(14(15,16)17)20-8-10(12)19/h2-6,8H,19H2,1H3. The van der Waals surface area contributed by atoms with Crippen LogP contribution in [0.25, 0.3) is 0 Å². The number of nitrogens with zero attached hydrogens (tertiary/aromatic N) is 3. The predicted octanol–water partition coefficient (Wildman–Crippen LogP) is 3.32. The molecule has 2 rings (SSSR count). The van der Waals surface area contributed by atoms with Crippen molar-refractivity contribution >= 4 is 17.1 Å². The van der Waals surface area contributed by atoms with Crippen molar-refractivity contribution in [3.8, 4) is 6.07 Å². The van der Waals surface area contributed by atoms with Crippen LogP contribution in [-0.4, -0.2) is 12.0 Å². The first kappa shape index (κ1) is 14.7. The molecule has 2 aromatic rings. The third-order valence-electron chi connectivity index (χ3n) is 2.95. The van der Waals surface area contributed by atoms with Crippen molar-refractivity contribution in [2.75, 3.05) is 17.7 Å². The molecule has 0 aliphatic rings. The molecule has 0 amide bonds. The van der Waals surface area contributed by atoms with Gasteiger partial charge in [-0.1, -0.05) is 12.1 Å². The van der Waals surface area contributed by atoms with Crippen molar-refractivity contribution in [2.45, 2.75) is 6.18 Å². The number of nitriles is 1. The molecule has 2 N–H and O–H groups in total. The van der Waals surface area contributed by atoms with E-state index in [0.29, 0.717) is 11.3 Å². The highest BCUT2D eigenvalue weighted by atomic mass is 19.4. The molecule has 0 bridgehead atoms. The van der Waals surface area contributed by atoms with Gasteiger partial charge in [-0.05, 0) is 18.2 Å². The van der Waals surface area contributed by atoms with Gasteiger partial charge in [-0.2, -0.15) is 18.4 Å². The lowest BCUT2D eigenvalue weighted by molar-refractivity contribution is -0.141. The Morgan fingerprint density at radius 1 is 1.24 bits per heavy atom. The van der Waals surface area contributed by atoms with E-state index in [-0.39, 0.29) is 11.4 Å². The number of aromatic nitrogens is 1. The lowest BCUT2D eigenvalue weighted by Gasteiger charge is -2.23. The number of para-hydroxylation sites is 1. The average molecular weight is 292 g/mol. The van der Waals surface area contributed by atoms with Crippen LogP contribution in [-0.2, 0) is 6.18 Å². The van der Waals surface area contributed by atoms with Gasteiger partial charge in [-0.25, -0.2) is 4.98 Å². The van der Waals surface area contributed by atoms with Crippen LogP contribution in [0.1, 0.15) is 11.3 Å². The first-order chi connectivity index (χ1) is 9.84. The van der Waals surface area contributed by atoms with Crippen molar-refractivity contribution in [1.29, 1.82) is 5.26 Å². The largest absolute Gasteiger partial charge is 0.433 e. The Kier molecular flexibility index (Phi) is 3.72. The molecular weight excluding hydrogens is 281 g/mol. The Morgan fingerprint density at radius 3 is 2.52 bits per heavy atom. The van der Waals surface area contributed by atoms with Crippen molar-refractivity contribution in [3.05, 3.63) is 47.8 Å². The Labute approximate surface area is 119 Å². The summed E-state index contributed by atoms with van der Waals surface area (Å²) in [4.78, 5) is 4.72. The molecule has 7 heteroatoms. The van der Waals surface area contributed by atoms with Gasteiger partial charge in [-0.3, -0.25) is 0 Å². The zero-order valence-electron chi connectivity index (χ0n) is 11.0. The first-order valence-electron chi connectivity index (χ1n) is 5.90. The normalized spacial score (nSPS) is 11.0. The SMILES string of the molecule is CN(c1cc(C(F)(F)F)ncc1N)c1ccccc1C#N. The lowest BCUT2D eigenvalue weighted by atomic mass is 10.1. The van der Waals surface area contributed by atoms with Crippen LogP contribution in [0.15, 0.2) is 36.5 Å². The number of rotatable bonds is 2. The number of pyridine rings is 1. The fraction of sp³-hybridized carbons (Fsp3) is 0.143. The van der Waals surface area contributed by atoms with Gasteiger partial charge in [0.2, 0.25) is 0 Å². The van der Waals surface area contributed by atoms with Crippen molar-refractivity contribution < 1.29 is 13.2 Å². The van der Waals surface area contributed by atoms with E-state index in [9.17, 15) is 13.2 Å². The maximum absolute atomic E-state index is 12.7. The molecule has 21 heavy (non-hydrogen) atoms. The van der Waals surface area contributed by atoms with Crippen LogP contribution in [0.5, 0.6) is 0 Å². The minimum absolute atomic E-state index is 0.0956. The number of hydrogen-bond donors (Lipinski definition) is 1. The summed E-state index contributed by atoms with van der Waals surface area (Å²) in [6.45, 7) is 0. The smallest absolute Gasteiger partial charge is 0.396 e. The number of hydrogen-bond acceptors (Lipinski definition) is 4. The Hall–Kier alpha value is -2.75. The van der Waals surface area contributed by atoms with E-state index in [4.69, 9.17) is 11.0 Å². The van der Waals surface area contributed by atoms with E-state index >= 15 is 0 Å². The second-order valence-electron chi connectivity index (χ2n) is 4.31. The molecule has 0 atom stereocenters. The van der Waals surface area contributed by atoms with E-state index in [1.54, 1.807) is 31.3 Å². The van der Waals surface area contributed by atoms with Gasteiger partial charge in [0, 0.05) is 7.05 Å². The fourth-order valence-corrected chi connectivity index (χ4v) is 1.89. The van der Waals surface area contributed by atoms with Crippen molar-refractivity contribution in [1.82, 2.24) is 4.98 Å². The van der Waals surface area contributed by atoms with E-state index < -0.39 is 11.9 Å². The highest BCUT2D eigenvalue weighted by Crippen LogP contribution is 2.35. The van der Waals surface area contributed by atoms with E-state index in [1.165, 1.54) is 4.90 Å². The molecule has 108 valence electrons. The van der Waals surface area contributed by atoms with Crippen molar-refractivity contribution in [3.63, 3.8) is 0 Å². The molecule has 0 radical (unpaired) electrons. The van der Waals surface area contributed by atoms with Gasteiger partial charge in [0.15, 0.2) is 0 Å². The summed E-state index contributed by atoms with van der Waals surface area (Å²) in [5, 5.41) is 9.07. The second-order valence-corrected chi connectivity index (χ2v) is 4.31. The molecule has 1 aromatic heterocycles. The van der Waals surface area contributed by atoms with Crippen LogP contribution in [0, 0.1) is 11.3 Å². The average Bonchev–Trinajstić information content (AvgIpc) is 2.45. The zero-order valence-corrected chi connectivity index (χ0v) is 11.0. The van der Waals surface area contributed by atoms with Crippen LogP contribution in [0.3, 0.4) is 0 Å². The summed E-state index contributed by atoms with van der Waals surface area (Å²) in [5.41, 5.74) is 5.71. The topological polar surface area (TPSA) is 65.9 Å². The van der Waals surface area contributed by atoms with Gasteiger partial charge < -0.3 is 10.6 Å². The van der Waals surface area contributed by atoms with Gasteiger partial charge in [-0.15, -0.1) is 0 Å². The maximum atomic E-state index is 12.7. The minimum atomic E-state index is -4.56. The summed E-state index contributed by atoms with van der Waals surface area (Å²) in [6, 6.07) is 9.43. The summed E-state index contributed by atoms with van der Waals surface area (Å²) >= 11 is 0. The van der Waals surface area contributed by atoms with Gasteiger partial charge >= 0.3 is 6.18 Å². The summed E-state index contributed by atoms with van der Waals surface area (Å²) < 4.78 is 38.2. The number of alkyl halides is 3. The monoisotopic (exact) mass is 292 g/mol. The fourth-order valence-electron chi connectivity index (χ4n) is 1.89. The van der Waals surface area contributed by atoms with Crippen LogP contribution in [0.4, 0.5) is 30.2 Å². The first-order valence-corrected chi connectivity index (χ1v) is 5.90. The van der Waals surface area contributed by atoms with E-state index in [2.05, 4.69) is 4.98 Å². The Bertz CT molecular complexity index is 704. The Morgan fingerprint density at radius 2 is 1.90 bits per heavy atom. The summed E-state index contributed by atoms with van der Waals surface area (Å²) in [5.74, 6) is 0. The zero-order chi connectivity index (χ0) is 15.6. The minimum Gasteiger partial charge on any atom is -0.396 e. The number of benzene rings is 1. The molecule has 0 saturated heterocycles. The predicted molar refractivity (Wildman–Crippen MR) is 72.9 cm³/mol. The van der Waals surface area contributed by atoms with E-state index in [1.807, 2.05) is 6.07 Å². The van der Waals surface area contributed by atoms with Crippen LogP contribution < -0.4 is 10.6 Å². The molecule has 0 unspecified atom stereocenters. The number of anilines is 3. The molecule has 0 fully saturated rings. The summed E-state index contributed by atoms with van der Waals surface area (Å²) in [6.07, 6.45) is -3.60. The molecule has 0 spiro atoms. The van der Waals surface area contributed by atoms with Gasteiger partial charge in [0.1, 0.15) is 11.8 Å². The molecular formula is C14H11F3N4. The third-order valence-corrected chi connectivity index (χ3v) is 2.95. The lowest BCUT2D eigenvalue weighted by Crippen LogP contribution is -2.16. The maximum Gasteiger partial charge on any atom is 0.433 e. The second kappa shape index (κ2) is 5.32. The van der Waals surface area contributed by atoms with Crippen LogP contribution >= 0.6 is 0 Å². The summed E-state index contributed by atoms with van der Waals surface area (Å²) in [7, 11) is 1.54. The van der Waals surface area contributed by atoms with Crippen molar-refractivity contribution in [2.24, 2.45) is 0 Å².